The molecule has 18 heavy (non-hydrogen) atoms. The van der Waals surface area contributed by atoms with Crippen LogP contribution in [0.25, 0.3) is 22.4 Å². The Morgan fingerprint density at radius 3 is 2.50 bits per heavy atom. The molecule has 3 rings (SSSR count). The van der Waals surface area contributed by atoms with E-state index in [-0.39, 0.29) is 5.75 Å². The number of hydrogen-bond acceptors (Lipinski definition) is 2. The van der Waals surface area contributed by atoms with Crippen LogP contribution in [0.3, 0.4) is 0 Å². The summed E-state index contributed by atoms with van der Waals surface area (Å²) >= 11 is 0. The highest BCUT2D eigenvalue weighted by atomic mass is 16.3. The predicted octanol–water partition coefficient (Wildman–Crippen LogP) is 3.25. The zero-order valence-corrected chi connectivity index (χ0v) is 10.4. The van der Waals surface area contributed by atoms with Gasteiger partial charge in [-0.25, -0.2) is 4.98 Å². The van der Waals surface area contributed by atoms with Crippen molar-refractivity contribution in [2.24, 2.45) is 7.05 Å². The van der Waals surface area contributed by atoms with Crippen LogP contribution in [0.1, 0.15) is 5.56 Å². The maximum Gasteiger partial charge on any atom is 0.140 e. The van der Waals surface area contributed by atoms with Gasteiger partial charge in [-0.3, -0.25) is 0 Å². The topological polar surface area (TPSA) is 38.1 Å². The van der Waals surface area contributed by atoms with Crippen molar-refractivity contribution in [2.75, 3.05) is 0 Å². The molecule has 0 saturated heterocycles. The lowest BCUT2D eigenvalue weighted by molar-refractivity contribution is 0.475. The molecule has 0 radical (unpaired) electrons. The number of benzene rings is 2. The Balaban J connectivity index is 2.23. The minimum Gasteiger partial charge on any atom is -0.508 e. The molecular formula is C15H14N2O. The van der Waals surface area contributed by atoms with Crippen molar-refractivity contribution < 1.29 is 5.11 Å². The second-order valence-corrected chi connectivity index (χ2v) is 4.53. The summed E-state index contributed by atoms with van der Waals surface area (Å²) in [6.45, 7) is 2.06. The summed E-state index contributed by atoms with van der Waals surface area (Å²) in [4.78, 5) is 4.65. The van der Waals surface area contributed by atoms with Crippen molar-refractivity contribution in [3.63, 3.8) is 0 Å². The highest BCUT2D eigenvalue weighted by molar-refractivity contribution is 5.81. The minimum absolute atomic E-state index is 0.272. The molecule has 2 aromatic carbocycles. The van der Waals surface area contributed by atoms with Crippen LogP contribution in [0.15, 0.2) is 42.5 Å². The summed E-state index contributed by atoms with van der Waals surface area (Å²) in [7, 11) is 2.01. The lowest BCUT2D eigenvalue weighted by Gasteiger charge is -2.02. The Morgan fingerprint density at radius 2 is 1.78 bits per heavy atom. The molecule has 0 saturated carbocycles. The molecule has 0 amide bonds. The van der Waals surface area contributed by atoms with Gasteiger partial charge in [0.1, 0.15) is 11.6 Å². The van der Waals surface area contributed by atoms with Gasteiger partial charge in [0.2, 0.25) is 0 Å². The Labute approximate surface area is 105 Å². The van der Waals surface area contributed by atoms with Gasteiger partial charge in [0.05, 0.1) is 11.0 Å². The van der Waals surface area contributed by atoms with Gasteiger partial charge in [0, 0.05) is 12.6 Å². The van der Waals surface area contributed by atoms with Gasteiger partial charge >= 0.3 is 0 Å². The Morgan fingerprint density at radius 1 is 1.06 bits per heavy atom. The van der Waals surface area contributed by atoms with Gasteiger partial charge in [0.25, 0.3) is 0 Å². The van der Waals surface area contributed by atoms with E-state index in [4.69, 9.17) is 0 Å². The van der Waals surface area contributed by atoms with E-state index in [1.54, 1.807) is 12.1 Å². The number of aryl methyl sites for hydroxylation is 2. The molecule has 1 aromatic heterocycles. The Bertz CT molecular complexity index is 711. The fraction of sp³-hybridized carbons (Fsp3) is 0.133. The largest absolute Gasteiger partial charge is 0.508 e. The van der Waals surface area contributed by atoms with E-state index in [2.05, 4.69) is 34.7 Å². The third-order valence-electron chi connectivity index (χ3n) is 3.16. The minimum atomic E-state index is 0.272. The fourth-order valence-corrected chi connectivity index (χ4v) is 2.18. The number of fused-ring (bicyclic) bond motifs is 1. The van der Waals surface area contributed by atoms with Crippen LogP contribution in [0, 0.1) is 6.92 Å². The van der Waals surface area contributed by atoms with E-state index in [1.165, 1.54) is 5.56 Å². The predicted molar refractivity (Wildman–Crippen MR) is 72.6 cm³/mol. The SMILES string of the molecule is Cc1ccc2c(c1)nc(-c1ccc(O)cc1)n2C. The first-order chi connectivity index (χ1) is 8.65. The van der Waals surface area contributed by atoms with Crippen molar-refractivity contribution in [1.82, 2.24) is 9.55 Å². The molecule has 3 aromatic rings. The van der Waals surface area contributed by atoms with Gasteiger partial charge in [-0.1, -0.05) is 6.07 Å². The zero-order valence-electron chi connectivity index (χ0n) is 10.4. The normalized spacial score (nSPS) is 11.0. The highest BCUT2D eigenvalue weighted by Crippen LogP contribution is 2.25. The standard InChI is InChI=1S/C15H14N2O/c1-10-3-8-14-13(9-10)16-15(17(14)2)11-4-6-12(18)7-5-11/h3-9,18H,1-2H3. The van der Waals surface area contributed by atoms with Crippen molar-refractivity contribution in [1.29, 1.82) is 0 Å². The summed E-state index contributed by atoms with van der Waals surface area (Å²) in [5.74, 6) is 1.18. The third-order valence-corrected chi connectivity index (χ3v) is 3.16. The van der Waals surface area contributed by atoms with Gasteiger partial charge in [0.15, 0.2) is 0 Å². The Hall–Kier alpha value is -2.29. The van der Waals surface area contributed by atoms with Crippen LogP contribution in [0.2, 0.25) is 0 Å². The number of phenolic OH excluding ortho intramolecular Hbond substituents is 1. The summed E-state index contributed by atoms with van der Waals surface area (Å²) in [5, 5.41) is 9.32. The molecule has 1 heterocycles. The number of phenols is 1. The maximum absolute atomic E-state index is 9.32. The van der Waals surface area contributed by atoms with Crippen LogP contribution < -0.4 is 0 Å². The lowest BCUT2D eigenvalue weighted by atomic mass is 10.2. The van der Waals surface area contributed by atoms with Crippen LogP contribution in [-0.2, 0) is 7.05 Å². The van der Waals surface area contributed by atoms with E-state index in [0.29, 0.717) is 0 Å². The molecule has 0 aliphatic carbocycles. The van der Waals surface area contributed by atoms with Crippen LogP contribution in [0.5, 0.6) is 5.75 Å². The summed E-state index contributed by atoms with van der Waals surface area (Å²) < 4.78 is 2.07. The molecule has 0 spiro atoms. The first kappa shape index (κ1) is 10.8. The van der Waals surface area contributed by atoms with E-state index >= 15 is 0 Å². The number of imidazole rings is 1. The molecule has 0 atom stereocenters. The van der Waals surface area contributed by atoms with E-state index in [0.717, 1.165) is 22.4 Å². The van der Waals surface area contributed by atoms with Crippen molar-refractivity contribution in [3.05, 3.63) is 48.0 Å². The second kappa shape index (κ2) is 3.88. The first-order valence-corrected chi connectivity index (χ1v) is 5.87. The average Bonchev–Trinajstić information content (AvgIpc) is 2.67. The van der Waals surface area contributed by atoms with Gasteiger partial charge < -0.3 is 9.67 Å². The molecule has 1 N–H and O–H groups in total. The smallest absolute Gasteiger partial charge is 0.140 e. The molecule has 0 aliphatic rings. The quantitative estimate of drug-likeness (QED) is 0.706. The first-order valence-electron chi connectivity index (χ1n) is 5.87. The summed E-state index contributed by atoms with van der Waals surface area (Å²) in [5.41, 5.74) is 4.33. The molecule has 0 aliphatic heterocycles. The number of aromatic nitrogens is 2. The zero-order chi connectivity index (χ0) is 12.7. The molecule has 0 unspecified atom stereocenters. The van der Waals surface area contributed by atoms with E-state index in [1.807, 2.05) is 19.2 Å². The van der Waals surface area contributed by atoms with Crippen molar-refractivity contribution >= 4 is 11.0 Å². The number of hydrogen-bond donors (Lipinski definition) is 1. The van der Waals surface area contributed by atoms with E-state index < -0.39 is 0 Å². The number of aromatic hydroxyl groups is 1. The lowest BCUT2D eigenvalue weighted by Crippen LogP contribution is -1.91. The van der Waals surface area contributed by atoms with Gasteiger partial charge in [-0.05, 0) is 48.9 Å². The molecule has 3 heteroatoms. The van der Waals surface area contributed by atoms with Crippen molar-refractivity contribution in [2.45, 2.75) is 6.92 Å². The molecule has 3 nitrogen and oxygen atoms in total. The summed E-state index contributed by atoms with van der Waals surface area (Å²) in [6.07, 6.45) is 0. The molecule has 0 bridgehead atoms. The van der Waals surface area contributed by atoms with Crippen molar-refractivity contribution in [3.8, 4) is 17.1 Å². The number of rotatable bonds is 1. The molecule has 90 valence electrons. The molecule has 0 fully saturated rings. The fourth-order valence-electron chi connectivity index (χ4n) is 2.18. The monoisotopic (exact) mass is 238 g/mol. The highest BCUT2D eigenvalue weighted by Gasteiger charge is 2.09. The van der Waals surface area contributed by atoms with Gasteiger partial charge in [-0.15, -0.1) is 0 Å². The van der Waals surface area contributed by atoms with Crippen LogP contribution in [-0.4, -0.2) is 14.7 Å². The van der Waals surface area contributed by atoms with Crippen LogP contribution >= 0.6 is 0 Å². The third kappa shape index (κ3) is 1.64. The number of nitrogens with zero attached hydrogens (tertiary/aromatic N) is 2. The van der Waals surface area contributed by atoms with Crippen LogP contribution in [0.4, 0.5) is 0 Å². The maximum atomic E-state index is 9.32. The Kier molecular flexibility index (Phi) is 2.33. The van der Waals surface area contributed by atoms with Gasteiger partial charge in [-0.2, -0.15) is 0 Å². The molecular weight excluding hydrogens is 224 g/mol. The van der Waals surface area contributed by atoms with E-state index in [9.17, 15) is 5.11 Å². The summed E-state index contributed by atoms with van der Waals surface area (Å²) in [6, 6.07) is 13.4. The average molecular weight is 238 g/mol. The second-order valence-electron chi connectivity index (χ2n) is 4.53.